The van der Waals surface area contributed by atoms with Gasteiger partial charge in [-0.15, -0.1) is 0 Å². The molecule has 1 aliphatic rings. The summed E-state index contributed by atoms with van der Waals surface area (Å²) < 4.78 is 37.5. The Labute approximate surface area is 143 Å². The van der Waals surface area contributed by atoms with E-state index in [9.17, 15) is 18.0 Å². The van der Waals surface area contributed by atoms with E-state index in [1.54, 1.807) is 0 Å². The van der Waals surface area contributed by atoms with Gasteiger partial charge in [0.25, 0.3) is 5.91 Å². The van der Waals surface area contributed by atoms with Gasteiger partial charge in [-0.05, 0) is 24.1 Å². The Hall–Kier alpha value is -2.41. The molecule has 1 amide bonds. The Kier molecular flexibility index (Phi) is 5.03. The lowest BCUT2D eigenvalue weighted by molar-refractivity contribution is -0.141. The van der Waals surface area contributed by atoms with E-state index in [1.807, 2.05) is 18.2 Å². The number of rotatable bonds is 4. The number of likely N-dealkylation sites (tertiary alicyclic amines) is 1. The van der Waals surface area contributed by atoms with Crippen LogP contribution in [0.1, 0.15) is 28.0 Å². The number of carbonyl (C=O) groups is 1. The molecular weight excluding hydrogens is 331 g/mol. The van der Waals surface area contributed by atoms with Crippen molar-refractivity contribution >= 4 is 5.91 Å². The van der Waals surface area contributed by atoms with Gasteiger partial charge in [-0.25, -0.2) is 0 Å². The van der Waals surface area contributed by atoms with Crippen LogP contribution >= 0.6 is 0 Å². The molecule has 2 heterocycles. The van der Waals surface area contributed by atoms with Gasteiger partial charge in [0.05, 0.1) is 5.56 Å². The average molecular weight is 349 g/mol. The highest BCUT2D eigenvalue weighted by atomic mass is 19.4. The minimum Gasteiger partial charge on any atom is -0.348 e. The molecule has 0 bridgehead atoms. The number of halogens is 3. The van der Waals surface area contributed by atoms with Crippen LogP contribution in [0, 0.1) is 0 Å². The van der Waals surface area contributed by atoms with E-state index in [-0.39, 0.29) is 11.6 Å². The number of hydrogen-bond donors (Lipinski definition) is 1. The van der Waals surface area contributed by atoms with E-state index in [0.29, 0.717) is 6.54 Å². The van der Waals surface area contributed by atoms with Gasteiger partial charge in [-0.3, -0.25) is 14.7 Å². The van der Waals surface area contributed by atoms with Crippen LogP contribution in [0.4, 0.5) is 13.2 Å². The van der Waals surface area contributed by atoms with Crippen molar-refractivity contribution in [3.05, 3.63) is 65.5 Å². The fourth-order valence-electron chi connectivity index (χ4n) is 2.90. The van der Waals surface area contributed by atoms with Crippen molar-refractivity contribution in [3.8, 4) is 0 Å². The summed E-state index contributed by atoms with van der Waals surface area (Å²) in [5.74, 6) is -0.396. The number of hydrogen-bond acceptors (Lipinski definition) is 3. The van der Waals surface area contributed by atoms with Crippen LogP contribution in [0.3, 0.4) is 0 Å². The van der Waals surface area contributed by atoms with Crippen molar-refractivity contribution in [1.82, 2.24) is 15.2 Å². The lowest BCUT2D eigenvalue weighted by Gasteiger charge is -2.17. The smallest absolute Gasteiger partial charge is 0.348 e. The van der Waals surface area contributed by atoms with Gasteiger partial charge in [0.15, 0.2) is 0 Å². The van der Waals surface area contributed by atoms with Gasteiger partial charge in [0.1, 0.15) is 5.69 Å². The van der Waals surface area contributed by atoms with Crippen molar-refractivity contribution in [2.24, 2.45) is 0 Å². The maximum absolute atomic E-state index is 12.5. The summed E-state index contributed by atoms with van der Waals surface area (Å²) in [5, 5.41) is 2.87. The molecule has 1 aliphatic heterocycles. The first-order chi connectivity index (χ1) is 11.9. The maximum Gasteiger partial charge on any atom is 0.433 e. The predicted molar refractivity (Wildman–Crippen MR) is 86.8 cm³/mol. The number of amides is 1. The van der Waals surface area contributed by atoms with E-state index in [4.69, 9.17) is 0 Å². The van der Waals surface area contributed by atoms with Gasteiger partial charge < -0.3 is 5.32 Å². The normalized spacial score (nSPS) is 18.3. The van der Waals surface area contributed by atoms with Crippen LogP contribution in [0.5, 0.6) is 0 Å². The number of carbonyl (C=O) groups excluding carboxylic acids is 1. The molecule has 1 aromatic carbocycles. The number of benzene rings is 1. The van der Waals surface area contributed by atoms with Crippen LogP contribution in [0.15, 0.2) is 48.7 Å². The molecule has 132 valence electrons. The minimum absolute atomic E-state index is 0.0153. The molecule has 0 aliphatic carbocycles. The molecule has 1 aromatic heterocycles. The maximum atomic E-state index is 12.5. The predicted octanol–water partition coefficient (Wildman–Crippen LogP) is 3.10. The zero-order valence-electron chi connectivity index (χ0n) is 13.5. The SMILES string of the molecule is O=C(N[C@@H]1CCN(Cc2ccccc2)C1)c1ccc(C(F)(F)F)nc1. The quantitative estimate of drug-likeness (QED) is 0.923. The first kappa shape index (κ1) is 17.4. The van der Waals surface area contributed by atoms with Crippen molar-refractivity contribution in [1.29, 1.82) is 0 Å². The summed E-state index contributed by atoms with van der Waals surface area (Å²) in [7, 11) is 0. The molecule has 1 atom stereocenters. The van der Waals surface area contributed by atoms with Gasteiger partial charge in [0, 0.05) is 31.9 Å². The Morgan fingerprint density at radius 1 is 1.20 bits per heavy atom. The topological polar surface area (TPSA) is 45.2 Å². The summed E-state index contributed by atoms with van der Waals surface area (Å²) in [6.07, 6.45) is -2.72. The number of pyridine rings is 1. The van der Waals surface area contributed by atoms with Gasteiger partial charge in [-0.1, -0.05) is 30.3 Å². The molecule has 0 radical (unpaired) electrons. The monoisotopic (exact) mass is 349 g/mol. The third-order valence-electron chi connectivity index (χ3n) is 4.17. The highest BCUT2D eigenvalue weighted by Crippen LogP contribution is 2.27. The molecule has 4 nitrogen and oxygen atoms in total. The van der Waals surface area contributed by atoms with Crippen molar-refractivity contribution in [2.75, 3.05) is 13.1 Å². The van der Waals surface area contributed by atoms with Crippen LogP contribution in [0.25, 0.3) is 0 Å². The van der Waals surface area contributed by atoms with Crippen molar-refractivity contribution in [3.63, 3.8) is 0 Å². The molecule has 1 fully saturated rings. The van der Waals surface area contributed by atoms with Crippen molar-refractivity contribution in [2.45, 2.75) is 25.2 Å². The summed E-state index contributed by atoms with van der Waals surface area (Å²) >= 11 is 0. The standard InChI is InChI=1S/C18H18F3N3O/c19-18(20,21)16-7-6-14(10-22-16)17(25)23-15-8-9-24(12-15)11-13-4-2-1-3-5-13/h1-7,10,15H,8-9,11-12H2,(H,23,25)/t15-/m1/s1. The molecule has 1 N–H and O–H groups in total. The molecule has 7 heteroatoms. The zero-order chi connectivity index (χ0) is 17.9. The molecule has 0 unspecified atom stereocenters. The van der Waals surface area contributed by atoms with E-state index in [1.165, 1.54) is 5.56 Å². The molecule has 0 spiro atoms. The minimum atomic E-state index is -4.50. The molecule has 1 saturated heterocycles. The van der Waals surface area contributed by atoms with E-state index in [0.717, 1.165) is 37.8 Å². The third kappa shape index (κ3) is 4.57. The molecule has 0 saturated carbocycles. The summed E-state index contributed by atoms with van der Waals surface area (Å²) in [5.41, 5.74) is 0.342. The van der Waals surface area contributed by atoms with E-state index >= 15 is 0 Å². The first-order valence-electron chi connectivity index (χ1n) is 8.02. The Balaban J connectivity index is 1.53. The second-order valence-corrected chi connectivity index (χ2v) is 6.11. The van der Waals surface area contributed by atoms with Crippen LogP contribution < -0.4 is 5.32 Å². The Morgan fingerprint density at radius 3 is 2.60 bits per heavy atom. The van der Waals surface area contributed by atoms with E-state index < -0.39 is 17.8 Å². The van der Waals surface area contributed by atoms with Crippen LogP contribution in [-0.4, -0.2) is 34.9 Å². The lowest BCUT2D eigenvalue weighted by atomic mass is 10.2. The highest BCUT2D eigenvalue weighted by Gasteiger charge is 2.32. The third-order valence-corrected chi connectivity index (χ3v) is 4.17. The van der Waals surface area contributed by atoms with Crippen LogP contribution in [-0.2, 0) is 12.7 Å². The fraction of sp³-hybridized carbons (Fsp3) is 0.333. The second-order valence-electron chi connectivity index (χ2n) is 6.11. The lowest BCUT2D eigenvalue weighted by Crippen LogP contribution is -2.37. The largest absolute Gasteiger partial charge is 0.433 e. The fourth-order valence-corrected chi connectivity index (χ4v) is 2.90. The van der Waals surface area contributed by atoms with Gasteiger partial charge >= 0.3 is 6.18 Å². The molecule has 25 heavy (non-hydrogen) atoms. The van der Waals surface area contributed by atoms with Crippen LogP contribution in [0.2, 0.25) is 0 Å². The second kappa shape index (κ2) is 7.23. The number of alkyl halides is 3. The Bertz CT molecular complexity index is 717. The Morgan fingerprint density at radius 2 is 1.96 bits per heavy atom. The number of nitrogens with one attached hydrogen (secondary N) is 1. The van der Waals surface area contributed by atoms with E-state index in [2.05, 4.69) is 27.3 Å². The highest BCUT2D eigenvalue weighted by molar-refractivity contribution is 5.94. The zero-order valence-corrected chi connectivity index (χ0v) is 13.5. The average Bonchev–Trinajstić information content (AvgIpc) is 3.02. The summed E-state index contributed by atoms with van der Waals surface area (Å²) in [6.45, 7) is 2.40. The molecular formula is C18H18F3N3O. The number of nitrogens with zero attached hydrogens (tertiary/aromatic N) is 2. The van der Waals surface area contributed by atoms with Gasteiger partial charge in [-0.2, -0.15) is 13.2 Å². The number of aromatic nitrogens is 1. The molecule has 3 rings (SSSR count). The summed E-state index contributed by atoms with van der Waals surface area (Å²) in [4.78, 5) is 17.7. The van der Waals surface area contributed by atoms with Crippen molar-refractivity contribution < 1.29 is 18.0 Å². The first-order valence-corrected chi connectivity index (χ1v) is 8.02. The molecule has 2 aromatic rings. The van der Waals surface area contributed by atoms with Gasteiger partial charge in [0.2, 0.25) is 0 Å². The summed E-state index contributed by atoms with van der Waals surface area (Å²) in [6, 6.07) is 12.0.